The summed E-state index contributed by atoms with van der Waals surface area (Å²) in [5, 5.41) is 8.48. The molecule has 4 aromatic rings. The number of carbonyl (C=O) groups is 1. The molecule has 13 heteroatoms. The van der Waals surface area contributed by atoms with Gasteiger partial charge in [-0.15, -0.1) is 0 Å². The summed E-state index contributed by atoms with van der Waals surface area (Å²) in [7, 11) is -1.87. The van der Waals surface area contributed by atoms with E-state index in [9.17, 15) is 17.6 Å². The molecule has 0 spiro atoms. The smallest absolute Gasteiger partial charge is 0.267 e. The van der Waals surface area contributed by atoms with Crippen LogP contribution in [0.5, 0.6) is 0 Å². The van der Waals surface area contributed by atoms with Crippen molar-refractivity contribution >= 4 is 39.3 Å². The number of amides is 1. The van der Waals surface area contributed by atoms with Gasteiger partial charge in [0.05, 0.1) is 30.6 Å². The van der Waals surface area contributed by atoms with Gasteiger partial charge in [-0.25, -0.2) is 14.7 Å². The van der Waals surface area contributed by atoms with Crippen molar-refractivity contribution in [1.29, 1.82) is 0 Å². The molecule has 2 aromatic heterocycles. The molecule has 0 saturated heterocycles. The Morgan fingerprint density at radius 1 is 1.02 bits per heavy atom. The molecular weight excluding hydrogens is 573 g/mol. The van der Waals surface area contributed by atoms with Gasteiger partial charge in [0.2, 0.25) is 11.9 Å². The second-order valence-corrected chi connectivity index (χ2v) is 12.2. The van der Waals surface area contributed by atoms with E-state index in [-0.39, 0.29) is 18.0 Å². The number of rotatable bonds is 5. The molecule has 222 valence electrons. The summed E-state index contributed by atoms with van der Waals surface area (Å²) in [4.78, 5) is 26.4. The summed E-state index contributed by atoms with van der Waals surface area (Å²) in [5.74, 6) is 1.39. The number of aliphatic imine (C=N–C) groups is 1. The minimum absolute atomic E-state index is 0.118. The molecule has 2 N–H and O–H groups in total. The van der Waals surface area contributed by atoms with Gasteiger partial charge >= 0.3 is 0 Å². The number of benzene rings is 2. The lowest BCUT2D eigenvalue weighted by Gasteiger charge is -2.34. The molecule has 2 aliphatic heterocycles. The molecule has 43 heavy (non-hydrogen) atoms. The van der Waals surface area contributed by atoms with Crippen LogP contribution >= 0.6 is 0 Å². The van der Waals surface area contributed by atoms with Gasteiger partial charge in [0.25, 0.3) is 16.0 Å². The highest BCUT2D eigenvalue weighted by Gasteiger charge is 2.49. The third-order valence-corrected chi connectivity index (χ3v) is 7.59. The van der Waals surface area contributed by atoms with Gasteiger partial charge < -0.3 is 5.32 Å². The lowest BCUT2D eigenvalue weighted by molar-refractivity contribution is 0.0866. The SMILES string of the molecule is CN1C(=O)c2c(nn(Cc3ccc(-c4cccc(F)n4)cc3)c2Nc2ccccc2)N2C1=N[C@@H]1CCC[C@@H]12.CS(=O)(=O)O. The van der Waals surface area contributed by atoms with E-state index >= 15 is 0 Å². The number of halogens is 1. The first-order chi connectivity index (χ1) is 20.6. The van der Waals surface area contributed by atoms with Gasteiger partial charge in [-0.3, -0.25) is 19.1 Å². The van der Waals surface area contributed by atoms with Crippen molar-refractivity contribution in [1.82, 2.24) is 19.7 Å². The molecule has 1 aliphatic carbocycles. The van der Waals surface area contributed by atoms with Crippen molar-refractivity contribution in [3.8, 4) is 11.3 Å². The van der Waals surface area contributed by atoms with Crippen LogP contribution in [0.1, 0.15) is 35.2 Å². The van der Waals surface area contributed by atoms with Crippen LogP contribution < -0.4 is 10.2 Å². The molecule has 2 aromatic carbocycles. The fourth-order valence-electron chi connectivity index (χ4n) is 5.73. The van der Waals surface area contributed by atoms with Gasteiger partial charge in [-0.2, -0.15) is 17.9 Å². The molecule has 2 atom stereocenters. The Hall–Kier alpha value is -4.62. The number of aromatic nitrogens is 3. The predicted molar refractivity (Wildman–Crippen MR) is 162 cm³/mol. The topological polar surface area (TPSA) is 133 Å². The first kappa shape index (κ1) is 28.5. The number of fused-ring (bicyclic) bond motifs is 5. The number of hydrogen-bond acceptors (Lipinski definition) is 8. The molecule has 1 amide bonds. The van der Waals surface area contributed by atoms with Crippen LogP contribution in [0.15, 0.2) is 77.8 Å². The summed E-state index contributed by atoms with van der Waals surface area (Å²) in [6.45, 7) is 0.449. The van der Waals surface area contributed by atoms with E-state index in [1.807, 2.05) is 59.3 Å². The number of para-hydroxylation sites is 1. The van der Waals surface area contributed by atoms with Crippen LogP contribution in [0, 0.1) is 5.95 Å². The number of nitrogens with zero attached hydrogens (tertiary/aromatic N) is 6. The Kier molecular flexibility index (Phi) is 7.44. The zero-order valence-corrected chi connectivity index (χ0v) is 24.4. The van der Waals surface area contributed by atoms with Crippen molar-refractivity contribution < 1.29 is 22.2 Å². The van der Waals surface area contributed by atoms with Crippen LogP contribution in [-0.2, 0) is 16.7 Å². The largest absolute Gasteiger partial charge is 0.340 e. The molecule has 0 bridgehead atoms. The Balaban J connectivity index is 0.000000611. The number of pyridine rings is 1. The van der Waals surface area contributed by atoms with E-state index in [1.54, 1.807) is 24.1 Å². The summed E-state index contributed by atoms with van der Waals surface area (Å²) in [6, 6.07) is 22.8. The summed E-state index contributed by atoms with van der Waals surface area (Å²) < 4.78 is 41.3. The van der Waals surface area contributed by atoms with E-state index in [1.165, 1.54) is 6.07 Å². The molecule has 0 radical (unpaired) electrons. The minimum Gasteiger partial charge on any atom is -0.340 e. The zero-order chi connectivity index (χ0) is 30.3. The van der Waals surface area contributed by atoms with Crippen molar-refractivity contribution in [2.75, 3.05) is 23.5 Å². The maximum absolute atomic E-state index is 13.7. The summed E-state index contributed by atoms with van der Waals surface area (Å²) >= 11 is 0. The second kappa shape index (κ2) is 11.2. The maximum atomic E-state index is 13.7. The highest BCUT2D eigenvalue weighted by atomic mass is 32.2. The number of guanidine groups is 1. The van der Waals surface area contributed by atoms with E-state index in [0.29, 0.717) is 41.7 Å². The summed E-state index contributed by atoms with van der Waals surface area (Å²) in [5.41, 5.74) is 3.84. The van der Waals surface area contributed by atoms with Crippen molar-refractivity contribution in [2.45, 2.75) is 37.9 Å². The maximum Gasteiger partial charge on any atom is 0.267 e. The van der Waals surface area contributed by atoms with Crippen molar-refractivity contribution in [2.24, 2.45) is 4.99 Å². The van der Waals surface area contributed by atoms with Crippen LogP contribution in [0.2, 0.25) is 0 Å². The Labute approximate surface area is 248 Å². The van der Waals surface area contributed by atoms with Gasteiger partial charge in [0.15, 0.2) is 5.82 Å². The van der Waals surface area contributed by atoms with E-state index in [4.69, 9.17) is 14.6 Å². The second-order valence-electron chi connectivity index (χ2n) is 10.7. The Morgan fingerprint density at radius 2 is 1.74 bits per heavy atom. The molecule has 1 fully saturated rings. The fourth-order valence-corrected chi connectivity index (χ4v) is 5.73. The molecule has 4 heterocycles. The van der Waals surface area contributed by atoms with Crippen LogP contribution in [-0.4, -0.2) is 69.9 Å². The lowest BCUT2D eigenvalue weighted by Crippen LogP contribution is -2.51. The van der Waals surface area contributed by atoms with Crippen LogP contribution in [0.25, 0.3) is 11.3 Å². The standard InChI is InChI=1S/C29H26FN7O.CH4O3S/c1-35-28(38)25-26(31-20-7-3-2-4-8-20)36(34-27(25)37-23-11-5-10-22(23)33-29(35)37)17-18-13-15-19(16-14-18)21-9-6-12-24(30)32-21;1-5(2,3)4/h2-4,6-9,12-16,22-23,31H,5,10-11,17H2,1H3;1H3,(H,2,3,4)/t22-,23+;/m1./s1. The normalized spacial score (nSPS) is 18.8. The molecule has 11 nitrogen and oxygen atoms in total. The number of carbonyl (C=O) groups excluding carboxylic acids is 1. The van der Waals surface area contributed by atoms with Crippen molar-refractivity contribution in [3.63, 3.8) is 0 Å². The average Bonchev–Trinajstić information content (AvgIpc) is 3.66. The van der Waals surface area contributed by atoms with Gasteiger partial charge in [0, 0.05) is 18.3 Å². The molecule has 3 aliphatic rings. The fraction of sp³-hybridized carbons (Fsp3) is 0.267. The minimum atomic E-state index is -3.67. The zero-order valence-electron chi connectivity index (χ0n) is 23.6. The van der Waals surface area contributed by atoms with Gasteiger partial charge in [-0.05, 0) is 49.1 Å². The Bertz CT molecular complexity index is 1800. The first-order valence-corrected chi connectivity index (χ1v) is 15.6. The van der Waals surface area contributed by atoms with Gasteiger partial charge in [0.1, 0.15) is 11.4 Å². The van der Waals surface area contributed by atoms with E-state index < -0.39 is 16.1 Å². The third kappa shape index (κ3) is 5.86. The lowest BCUT2D eigenvalue weighted by atomic mass is 10.1. The monoisotopic (exact) mass is 603 g/mol. The highest BCUT2D eigenvalue weighted by molar-refractivity contribution is 7.85. The first-order valence-electron chi connectivity index (χ1n) is 13.8. The number of hydrogen-bond donors (Lipinski definition) is 2. The van der Waals surface area contributed by atoms with Gasteiger partial charge in [-0.1, -0.05) is 48.5 Å². The predicted octanol–water partition coefficient (Wildman–Crippen LogP) is 4.56. The highest BCUT2D eigenvalue weighted by Crippen LogP contribution is 2.43. The quantitative estimate of drug-likeness (QED) is 0.251. The van der Waals surface area contributed by atoms with Crippen LogP contribution in [0.4, 0.5) is 21.7 Å². The van der Waals surface area contributed by atoms with E-state index in [2.05, 4.69) is 15.2 Å². The number of anilines is 3. The van der Waals surface area contributed by atoms with E-state index in [0.717, 1.165) is 36.1 Å². The average molecular weight is 604 g/mol. The van der Waals surface area contributed by atoms with Crippen LogP contribution in [0.3, 0.4) is 0 Å². The summed E-state index contributed by atoms with van der Waals surface area (Å²) in [6.07, 6.45) is 3.90. The van der Waals surface area contributed by atoms with Crippen molar-refractivity contribution in [3.05, 3.63) is 89.9 Å². The third-order valence-electron chi connectivity index (χ3n) is 7.59. The molecule has 1 saturated carbocycles. The molecular formula is C30H30FN7O4S. The Morgan fingerprint density at radius 3 is 2.44 bits per heavy atom. The molecule has 7 rings (SSSR count). The molecule has 0 unspecified atom stereocenters. The number of nitrogens with one attached hydrogen (secondary N) is 1.